The summed E-state index contributed by atoms with van der Waals surface area (Å²) in [6.45, 7) is -1.66. The fraction of sp³-hybridized carbons (Fsp3) is 0.333. The number of nitrogens with zero attached hydrogens (tertiary/aromatic N) is 2. The number of halogens is 3. The lowest BCUT2D eigenvalue weighted by Crippen LogP contribution is -2.34. The molecule has 3 rings (SSSR count). The van der Waals surface area contributed by atoms with Crippen molar-refractivity contribution in [3.05, 3.63) is 36.5 Å². The molecule has 0 saturated carbocycles. The molecule has 2 atom stereocenters. The van der Waals surface area contributed by atoms with Crippen molar-refractivity contribution in [2.24, 2.45) is 11.8 Å². The van der Waals surface area contributed by atoms with E-state index in [0.717, 1.165) is 0 Å². The number of carboxylic acid groups (broad SMARTS) is 1. The molecule has 0 bridgehead atoms. The Hall–Kier alpha value is -2.20. The Morgan fingerprint density at radius 2 is 1.88 bits per heavy atom. The molecule has 0 unspecified atom stereocenters. The molecule has 0 amide bonds. The monoisotopic (exact) mass is 374 g/mol. The summed E-state index contributed by atoms with van der Waals surface area (Å²) in [6, 6.07) is 7.58. The van der Waals surface area contributed by atoms with Crippen molar-refractivity contribution in [2.75, 3.05) is 13.1 Å². The summed E-state index contributed by atoms with van der Waals surface area (Å²) in [6.07, 6.45) is -3.42. The van der Waals surface area contributed by atoms with Crippen LogP contribution in [0.2, 0.25) is 0 Å². The van der Waals surface area contributed by atoms with Crippen LogP contribution in [0.4, 0.5) is 13.2 Å². The average molecular weight is 374 g/mol. The standard InChI is InChI=1S/C15H13F3N2O4S/c16-15(17,18)11-8-20(7-10(11)14(21)22)25(23,24)12-5-1-3-9-4-2-6-19-13(9)12/h1-6,10-11H,7-8H2,(H,21,22)/t10-,11-/m1/s1. The van der Waals surface area contributed by atoms with Crippen LogP contribution in [0, 0.1) is 11.8 Å². The zero-order valence-corrected chi connectivity index (χ0v) is 13.5. The van der Waals surface area contributed by atoms with E-state index in [9.17, 15) is 26.4 Å². The Morgan fingerprint density at radius 1 is 1.20 bits per heavy atom. The molecule has 6 nitrogen and oxygen atoms in total. The fourth-order valence-corrected chi connectivity index (χ4v) is 4.63. The van der Waals surface area contributed by atoms with Crippen molar-refractivity contribution in [1.29, 1.82) is 0 Å². The Labute approximate surface area is 140 Å². The van der Waals surface area contributed by atoms with E-state index >= 15 is 0 Å². The Kier molecular flexibility index (Phi) is 4.20. The lowest BCUT2D eigenvalue weighted by Gasteiger charge is -2.18. The third kappa shape index (κ3) is 3.07. The van der Waals surface area contributed by atoms with Gasteiger partial charge in [-0.15, -0.1) is 0 Å². The van der Waals surface area contributed by atoms with E-state index in [4.69, 9.17) is 5.11 Å². The van der Waals surface area contributed by atoms with Crippen molar-refractivity contribution in [3.8, 4) is 0 Å². The Bertz CT molecular complexity index is 925. The second-order valence-corrected chi connectivity index (χ2v) is 7.65. The van der Waals surface area contributed by atoms with Crippen LogP contribution < -0.4 is 0 Å². The maximum absolute atomic E-state index is 13.1. The van der Waals surface area contributed by atoms with Gasteiger partial charge in [0.25, 0.3) is 0 Å². The number of aromatic nitrogens is 1. The summed E-state index contributed by atoms with van der Waals surface area (Å²) in [5.41, 5.74) is 0.132. The number of pyridine rings is 1. The van der Waals surface area contributed by atoms with Gasteiger partial charge in [-0.05, 0) is 12.1 Å². The number of hydrogen-bond donors (Lipinski definition) is 1. The number of fused-ring (bicyclic) bond motifs is 1. The first kappa shape index (κ1) is 17.6. The number of alkyl halides is 3. The molecule has 1 aromatic heterocycles. The van der Waals surface area contributed by atoms with Gasteiger partial charge in [-0.1, -0.05) is 18.2 Å². The van der Waals surface area contributed by atoms with Crippen LogP contribution in [0.1, 0.15) is 0 Å². The molecular weight excluding hydrogens is 361 g/mol. The minimum absolute atomic E-state index is 0.132. The second kappa shape index (κ2) is 5.95. The zero-order chi connectivity index (χ0) is 18.4. The molecule has 25 heavy (non-hydrogen) atoms. The highest BCUT2D eigenvalue weighted by Gasteiger charge is 2.55. The molecule has 0 radical (unpaired) electrons. The molecule has 1 aliphatic rings. The van der Waals surface area contributed by atoms with E-state index in [0.29, 0.717) is 9.69 Å². The minimum Gasteiger partial charge on any atom is -0.481 e. The normalized spacial score (nSPS) is 22.4. The average Bonchev–Trinajstić information content (AvgIpc) is 3.01. The number of para-hydroxylation sites is 1. The maximum Gasteiger partial charge on any atom is 0.393 e. The smallest absolute Gasteiger partial charge is 0.393 e. The van der Waals surface area contributed by atoms with Crippen LogP contribution >= 0.6 is 0 Å². The van der Waals surface area contributed by atoms with Crippen LogP contribution in [0.5, 0.6) is 0 Å². The van der Waals surface area contributed by atoms with E-state index in [2.05, 4.69) is 4.98 Å². The minimum atomic E-state index is -4.80. The van der Waals surface area contributed by atoms with Crippen LogP contribution in [0.3, 0.4) is 0 Å². The predicted molar refractivity (Wildman–Crippen MR) is 81.2 cm³/mol. The quantitative estimate of drug-likeness (QED) is 0.889. The molecule has 1 saturated heterocycles. The van der Waals surface area contributed by atoms with E-state index < -0.39 is 47.1 Å². The van der Waals surface area contributed by atoms with Crippen molar-refractivity contribution >= 4 is 26.9 Å². The van der Waals surface area contributed by atoms with E-state index in [1.54, 1.807) is 18.2 Å². The van der Waals surface area contributed by atoms with Crippen molar-refractivity contribution < 1.29 is 31.5 Å². The summed E-state index contributed by atoms with van der Waals surface area (Å²) in [5, 5.41) is 9.56. The molecule has 0 spiro atoms. The first-order chi connectivity index (χ1) is 11.6. The zero-order valence-electron chi connectivity index (χ0n) is 12.6. The van der Waals surface area contributed by atoms with Crippen LogP contribution in [-0.4, -0.2) is 48.0 Å². The Morgan fingerprint density at radius 3 is 2.48 bits per heavy atom. The Balaban J connectivity index is 2.05. The predicted octanol–water partition coefficient (Wildman–Crippen LogP) is 2.12. The van der Waals surface area contributed by atoms with Gasteiger partial charge in [0.05, 0.1) is 17.4 Å². The van der Waals surface area contributed by atoms with Crippen molar-refractivity contribution in [1.82, 2.24) is 9.29 Å². The molecule has 1 aliphatic heterocycles. The molecule has 134 valence electrons. The summed E-state index contributed by atoms with van der Waals surface area (Å²) >= 11 is 0. The maximum atomic E-state index is 13.1. The van der Waals surface area contributed by atoms with Crippen LogP contribution in [-0.2, 0) is 14.8 Å². The van der Waals surface area contributed by atoms with E-state index in [1.165, 1.54) is 18.3 Å². The lowest BCUT2D eigenvalue weighted by molar-refractivity contribution is -0.187. The van der Waals surface area contributed by atoms with E-state index in [-0.39, 0.29) is 10.4 Å². The molecule has 1 N–H and O–H groups in total. The number of hydrogen-bond acceptors (Lipinski definition) is 4. The van der Waals surface area contributed by atoms with Gasteiger partial charge in [-0.2, -0.15) is 17.5 Å². The van der Waals surface area contributed by atoms with Gasteiger partial charge in [0, 0.05) is 24.7 Å². The number of rotatable bonds is 3. The SMILES string of the molecule is O=C(O)[C@@H]1CN(S(=O)(=O)c2cccc3cccnc23)C[C@H]1C(F)(F)F. The number of benzene rings is 1. The highest BCUT2D eigenvalue weighted by atomic mass is 32.2. The summed E-state index contributed by atoms with van der Waals surface area (Å²) in [5.74, 6) is -5.75. The molecule has 2 aromatic rings. The lowest BCUT2D eigenvalue weighted by atomic mass is 9.96. The highest BCUT2D eigenvalue weighted by Crippen LogP contribution is 2.40. The summed E-state index contributed by atoms with van der Waals surface area (Å²) < 4.78 is 65.5. The third-order valence-corrected chi connectivity index (χ3v) is 6.10. The summed E-state index contributed by atoms with van der Waals surface area (Å²) in [4.78, 5) is 14.9. The highest BCUT2D eigenvalue weighted by molar-refractivity contribution is 7.89. The van der Waals surface area contributed by atoms with Gasteiger partial charge in [-0.3, -0.25) is 9.78 Å². The number of sulfonamides is 1. The number of carboxylic acids is 1. The van der Waals surface area contributed by atoms with Crippen LogP contribution in [0.25, 0.3) is 10.9 Å². The number of aliphatic carboxylic acids is 1. The first-order valence-corrected chi connectivity index (χ1v) is 8.70. The molecule has 10 heteroatoms. The van der Waals surface area contributed by atoms with Gasteiger partial charge in [0.1, 0.15) is 4.90 Å². The molecule has 2 heterocycles. The van der Waals surface area contributed by atoms with Crippen molar-refractivity contribution in [2.45, 2.75) is 11.1 Å². The van der Waals surface area contributed by atoms with Gasteiger partial charge >= 0.3 is 12.1 Å². The largest absolute Gasteiger partial charge is 0.481 e. The fourth-order valence-electron chi connectivity index (χ4n) is 2.97. The second-order valence-electron chi connectivity index (χ2n) is 5.75. The molecular formula is C15H13F3N2O4S. The third-order valence-electron chi connectivity index (χ3n) is 4.24. The first-order valence-electron chi connectivity index (χ1n) is 7.26. The number of carbonyl (C=O) groups is 1. The van der Waals surface area contributed by atoms with Gasteiger partial charge in [-0.25, -0.2) is 8.42 Å². The molecule has 1 aromatic carbocycles. The van der Waals surface area contributed by atoms with Gasteiger partial charge in [0.2, 0.25) is 10.0 Å². The topological polar surface area (TPSA) is 87.6 Å². The summed E-state index contributed by atoms with van der Waals surface area (Å²) in [7, 11) is -4.32. The van der Waals surface area contributed by atoms with Crippen LogP contribution in [0.15, 0.2) is 41.4 Å². The molecule has 1 fully saturated rings. The van der Waals surface area contributed by atoms with Gasteiger partial charge < -0.3 is 5.11 Å². The van der Waals surface area contributed by atoms with E-state index in [1.807, 2.05) is 0 Å². The van der Waals surface area contributed by atoms with Gasteiger partial charge in [0.15, 0.2) is 0 Å². The van der Waals surface area contributed by atoms with Crippen molar-refractivity contribution in [3.63, 3.8) is 0 Å². The molecule has 0 aliphatic carbocycles.